The van der Waals surface area contributed by atoms with Gasteiger partial charge in [-0.1, -0.05) is 36.6 Å². The van der Waals surface area contributed by atoms with E-state index in [-0.39, 0.29) is 18.7 Å². The topological polar surface area (TPSA) is 105 Å². The summed E-state index contributed by atoms with van der Waals surface area (Å²) in [6, 6.07) is 11.1. The third-order valence-corrected chi connectivity index (χ3v) is 5.05. The lowest BCUT2D eigenvalue weighted by atomic mass is 10.1. The van der Waals surface area contributed by atoms with Gasteiger partial charge in [0, 0.05) is 22.4 Å². The number of hydrogen-bond donors (Lipinski definition) is 1. The van der Waals surface area contributed by atoms with Gasteiger partial charge in [-0.25, -0.2) is 0 Å². The zero-order chi connectivity index (χ0) is 21.2. The lowest BCUT2D eigenvalue weighted by Gasteiger charge is -2.21. The highest BCUT2D eigenvalue weighted by Crippen LogP contribution is 2.42. The van der Waals surface area contributed by atoms with Crippen molar-refractivity contribution < 1.29 is 23.7 Å². The van der Waals surface area contributed by atoms with Gasteiger partial charge in [-0.2, -0.15) is 4.98 Å². The van der Waals surface area contributed by atoms with Crippen molar-refractivity contribution in [1.29, 1.82) is 0 Å². The van der Waals surface area contributed by atoms with Crippen LogP contribution < -0.4 is 24.3 Å². The number of aromatic nitrogens is 3. The third-order valence-electron chi connectivity index (χ3n) is 5.05. The summed E-state index contributed by atoms with van der Waals surface area (Å²) in [5.41, 5.74) is 3.06. The minimum Gasteiger partial charge on any atom is -0.462 e. The minimum absolute atomic E-state index is 0.108. The first-order valence-corrected chi connectivity index (χ1v) is 10.1. The van der Waals surface area contributed by atoms with Crippen molar-refractivity contribution in [2.75, 3.05) is 18.7 Å². The molecular weight excluding hydrogens is 400 g/mol. The maximum absolute atomic E-state index is 11.8. The number of benzene rings is 2. The summed E-state index contributed by atoms with van der Waals surface area (Å²) < 4.78 is 22.7. The van der Waals surface area contributed by atoms with Crippen molar-refractivity contribution >= 4 is 12.0 Å². The van der Waals surface area contributed by atoms with Crippen molar-refractivity contribution in [2.24, 2.45) is 0 Å². The number of unbranched alkanes of at least 4 members (excludes halogenated alkanes) is 1. The number of nitrogens with one attached hydrogen (secondary N) is 1. The highest BCUT2D eigenvalue weighted by atomic mass is 16.7. The van der Waals surface area contributed by atoms with E-state index < -0.39 is 6.23 Å². The summed E-state index contributed by atoms with van der Waals surface area (Å²) in [4.78, 5) is 16.3. The molecule has 9 nitrogen and oxygen atoms in total. The molecule has 0 saturated heterocycles. The molecule has 0 fully saturated rings. The Labute approximate surface area is 178 Å². The van der Waals surface area contributed by atoms with Gasteiger partial charge >= 0.3 is 6.01 Å². The van der Waals surface area contributed by atoms with E-state index in [2.05, 4.69) is 27.4 Å². The molecule has 2 aliphatic heterocycles. The fourth-order valence-corrected chi connectivity index (χ4v) is 3.46. The number of nitrogens with zero attached hydrogens (tertiary/aromatic N) is 3. The predicted octanol–water partition coefficient (Wildman–Crippen LogP) is 3.76. The van der Waals surface area contributed by atoms with Crippen LogP contribution in [0.1, 0.15) is 41.9 Å². The summed E-state index contributed by atoms with van der Waals surface area (Å²) in [6.07, 6.45) is 1.91. The molecule has 0 radical (unpaired) electrons. The normalized spacial score (nSPS) is 15.7. The van der Waals surface area contributed by atoms with E-state index in [9.17, 15) is 4.79 Å². The number of fused-ring (bicyclic) bond motifs is 4. The van der Waals surface area contributed by atoms with Gasteiger partial charge in [0.1, 0.15) is 0 Å². The molecule has 2 aliphatic rings. The fraction of sp³-hybridized carbons (Fsp3) is 0.273. The Morgan fingerprint density at radius 3 is 2.87 bits per heavy atom. The van der Waals surface area contributed by atoms with E-state index in [1.54, 1.807) is 12.1 Å². The van der Waals surface area contributed by atoms with Gasteiger partial charge in [-0.05, 0) is 24.6 Å². The predicted molar refractivity (Wildman–Crippen MR) is 111 cm³/mol. The number of para-hydroxylation sites is 1. The molecule has 0 bridgehead atoms. The Hall–Kier alpha value is -3.88. The molecule has 1 atom stereocenters. The number of anilines is 1. The average molecular weight is 420 g/mol. The molecule has 1 N–H and O–H groups in total. The minimum atomic E-state index is -0.725. The molecule has 0 aliphatic carbocycles. The smallest absolute Gasteiger partial charge is 0.339 e. The first kappa shape index (κ1) is 19.1. The van der Waals surface area contributed by atoms with Crippen LogP contribution in [0.3, 0.4) is 0 Å². The summed E-state index contributed by atoms with van der Waals surface area (Å²) in [7, 11) is 0. The van der Waals surface area contributed by atoms with Gasteiger partial charge in [-0.3, -0.25) is 4.79 Å². The van der Waals surface area contributed by atoms with Gasteiger partial charge in [-0.15, -0.1) is 5.10 Å². The maximum atomic E-state index is 11.8. The lowest BCUT2D eigenvalue weighted by molar-refractivity contribution is 0.111. The number of rotatable bonds is 6. The SMILES string of the molecule is CCCCOc1nnc2c(n1)OC(c1cc3c(cc1C=O)OCO3)Nc1ccccc1-2. The molecular formula is C22H20N4O5. The Morgan fingerprint density at radius 2 is 2.03 bits per heavy atom. The summed E-state index contributed by atoms with van der Waals surface area (Å²) in [5, 5.41) is 11.7. The standard InChI is InChI=1S/C22H20N4O5/c1-2-3-8-28-22-24-21-19(25-26-22)14-6-4-5-7-16(14)23-20(31-21)15-10-18-17(29-12-30-18)9-13(15)11-27/h4-7,9-11,20,23H,2-3,8,12H2,1H3. The van der Waals surface area contributed by atoms with Crippen LogP contribution in [0, 0.1) is 0 Å². The maximum Gasteiger partial charge on any atom is 0.339 e. The third kappa shape index (κ3) is 3.58. The summed E-state index contributed by atoms with van der Waals surface area (Å²) in [6.45, 7) is 2.68. The van der Waals surface area contributed by atoms with E-state index in [1.807, 2.05) is 24.3 Å². The Morgan fingerprint density at radius 1 is 1.19 bits per heavy atom. The monoisotopic (exact) mass is 420 g/mol. The average Bonchev–Trinajstić information content (AvgIpc) is 3.19. The first-order valence-electron chi connectivity index (χ1n) is 10.1. The van der Waals surface area contributed by atoms with E-state index in [1.165, 1.54) is 0 Å². The molecule has 0 saturated carbocycles. The second-order valence-corrected chi connectivity index (χ2v) is 7.09. The molecule has 1 unspecified atom stereocenters. The van der Waals surface area contributed by atoms with Gasteiger partial charge in [0.2, 0.25) is 12.7 Å². The van der Waals surface area contributed by atoms with Crippen molar-refractivity contribution in [1.82, 2.24) is 15.2 Å². The van der Waals surface area contributed by atoms with Crippen LogP contribution in [0.4, 0.5) is 5.69 Å². The van der Waals surface area contributed by atoms with Crippen molar-refractivity contribution in [2.45, 2.75) is 26.0 Å². The van der Waals surface area contributed by atoms with E-state index >= 15 is 0 Å². The Kier molecular flexibility index (Phi) is 4.99. The van der Waals surface area contributed by atoms with E-state index in [0.717, 1.165) is 30.4 Å². The molecule has 5 rings (SSSR count). The molecule has 1 aromatic heterocycles. The van der Waals surface area contributed by atoms with E-state index in [4.69, 9.17) is 18.9 Å². The zero-order valence-corrected chi connectivity index (χ0v) is 16.8. The van der Waals surface area contributed by atoms with Gasteiger partial charge in [0.15, 0.2) is 29.7 Å². The molecule has 0 spiro atoms. The molecule has 3 heterocycles. The van der Waals surface area contributed by atoms with Crippen LogP contribution in [0.5, 0.6) is 23.4 Å². The Balaban J connectivity index is 1.58. The summed E-state index contributed by atoms with van der Waals surface area (Å²) >= 11 is 0. The number of aldehydes is 1. The molecule has 2 aromatic carbocycles. The quantitative estimate of drug-likeness (QED) is 0.471. The largest absolute Gasteiger partial charge is 0.462 e. The van der Waals surface area contributed by atoms with Crippen LogP contribution in [-0.4, -0.2) is 34.9 Å². The molecule has 3 aromatic rings. The van der Waals surface area contributed by atoms with Crippen molar-refractivity contribution in [3.8, 4) is 34.6 Å². The number of ether oxygens (including phenoxy) is 4. The fourth-order valence-electron chi connectivity index (χ4n) is 3.46. The molecule has 158 valence electrons. The zero-order valence-electron chi connectivity index (χ0n) is 16.8. The highest BCUT2D eigenvalue weighted by molar-refractivity contribution is 5.82. The van der Waals surface area contributed by atoms with Gasteiger partial charge in [0.25, 0.3) is 0 Å². The number of carbonyl (C=O) groups is 1. The summed E-state index contributed by atoms with van der Waals surface area (Å²) in [5.74, 6) is 1.34. The Bertz CT molecular complexity index is 1140. The second kappa shape index (κ2) is 8.10. The molecule has 31 heavy (non-hydrogen) atoms. The highest BCUT2D eigenvalue weighted by Gasteiger charge is 2.29. The van der Waals surface area contributed by atoms with Crippen molar-refractivity contribution in [3.05, 3.63) is 47.5 Å². The number of hydrogen-bond acceptors (Lipinski definition) is 9. The van der Waals surface area contributed by atoms with Gasteiger partial charge in [0.05, 0.1) is 6.61 Å². The van der Waals surface area contributed by atoms with Crippen LogP contribution in [0.15, 0.2) is 36.4 Å². The first-order chi connectivity index (χ1) is 15.3. The van der Waals surface area contributed by atoms with Crippen LogP contribution in [-0.2, 0) is 0 Å². The van der Waals surface area contributed by atoms with E-state index in [0.29, 0.717) is 34.9 Å². The van der Waals surface area contributed by atoms with Crippen LogP contribution in [0.2, 0.25) is 0 Å². The van der Waals surface area contributed by atoms with Crippen LogP contribution in [0.25, 0.3) is 11.3 Å². The number of carbonyl (C=O) groups excluding carboxylic acids is 1. The molecule has 9 heteroatoms. The lowest BCUT2D eigenvalue weighted by Crippen LogP contribution is -2.19. The van der Waals surface area contributed by atoms with Crippen LogP contribution >= 0.6 is 0 Å². The second-order valence-electron chi connectivity index (χ2n) is 7.09. The van der Waals surface area contributed by atoms with Crippen molar-refractivity contribution in [3.63, 3.8) is 0 Å². The van der Waals surface area contributed by atoms with Gasteiger partial charge < -0.3 is 24.3 Å². The molecule has 0 amide bonds.